The Morgan fingerprint density at radius 2 is 2.29 bits per heavy atom. The van der Waals surface area contributed by atoms with Gasteiger partial charge >= 0.3 is 0 Å². The maximum absolute atomic E-state index is 11.3. The zero-order chi connectivity index (χ0) is 12.7. The molecule has 100 valence electrons. The van der Waals surface area contributed by atoms with E-state index in [4.69, 9.17) is 10.5 Å². The number of amides is 1. The van der Waals surface area contributed by atoms with Gasteiger partial charge in [0.1, 0.15) is 0 Å². The van der Waals surface area contributed by atoms with Crippen LogP contribution in [0, 0.1) is 5.92 Å². The van der Waals surface area contributed by atoms with Gasteiger partial charge in [0.25, 0.3) is 0 Å². The van der Waals surface area contributed by atoms with Gasteiger partial charge in [0.2, 0.25) is 5.91 Å². The van der Waals surface area contributed by atoms with Gasteiger partial charge in [0.15, 0.2) is 0 Å². The summed E-state index contributed by atoms with van der Waals surface area (Å²) in [6.07, 6.45) is 3.09. The lowest BCUT2D eigenvalue weighted by Crippen LogP contribution is -2.42. The van der Waals surface area contributed by atoms with Crippen molar-refractivity contribution in [1.29, 1.82) is 0 Å². The van der Waals surface area contributed by atoms with Crippen molar-refractivity contribution < 1.29 is 9.53 Å². The van der Waals surface area contributed by atoms with Crippen LogP contribution in [0.1, 0.15) is 19.3 Å². The van der Waals surface area contributed by atoms with Crippen LogP contribution < -0.4 is 11.1 Å². The lowest BCUT2D eigenvalue weighted by atomic mass is 10.1. The maximum atomic E-state index is 11.3. The predicted molar refractivity (Wildman–Crippen MR) is 67.7 cm³/mol. The molecule has 17 heavy (non-hydrogen) atoms. The minimum Gasteiger partial charge on any atom is -0.380 e. The monoisotopic (exact) mass is 243 g/mol. The highest BCUT2D eigenvalue weighted by Crippen LogP contribution is 2.28. The fourth-order valence-electron chi connectivity index (χ4n) is 1.66. The fraction of sp³-hybridized carbons (Fsp3) is 0.917. The Morgan fingerprint density at radius 3 is 2.82 bits per heavy atom. The van der Waals surface area contributed by atoms with Gasteiger partial charge in [-0.25, -0.2) is 0 Å². The third-order valence-electron chi connectivity index (χ3n) is 3.23. The summed E-state index contributed by atoms with van der Waals surface area (Å²) in [4.78, 5) is 13.4. The number of hydrogen-bond donors (Lipinski definition) is 2. The highest BCUT2D eigenvalue weighted by molar-refractivity contribution is 5.76. The molecule has 1 fully saturated rings. The topological polar surface area (TPSA) is 67.6 Å². The molecule has 0 bridgehead atoms. The molecule has 0 aliphatic heterocycles. The molecule has 0 spiro atoms. The van der Waals surface area contributed by atoms with E-state index in [1.165, 1.54) is 12.8 Å². The van der Waals surface area contributed by atoms with Crippen LogP contribution in [0.4, 0.5) is 0 Å². The van der Waals surface area contributed by atoms with E-state index in [0.717, 1.165) is 25.7 Å². The Bertz CT molecular complexity index is 232. The highest BCUT2D eigenvalue weighted by Gasteiger charge is 2.21. The van der Waals surface area contributed by atoms with E-state index >= 15 is 0 Å². The van der Waals surface area contributed by atoms with Crippen LogP contribution in [-0.2, 0) is 9.53 Å². The molecule has 5 heteroatoms. The molecule has 1 rings (SSSR count). The number of nitrogens with one attached hydrogen (secondary N) is 1. The van der Waals surface area contributed by atoms with Crippen molar-refractivity contribution in [2.75, 3.05) is 40.4 Å². The second-order valence-electron chi connectivity index (χ2n) is 4.77. The number of carbonyl (C=O) groups excluding carboxylic acids is 1. The van der Waals surface area contributed by atoms with Crippen LogP contribution in [0.2, 0.25) is 0 Å². The summed E-state index contributed by atoms with van der Waals surface area (Å²) in [5.74, 6) is 0.836. The quantitative estimate of drug-likeness (QED) is 0.551. The van der Waals surface area contributed by atoms with Gasteiger partial charge in [0, 0.05) is 39.2 Å². The average molecular weight is 243 g/mol. The molecule has 0 aromatic heterocycles. The average Bonchev–Trinajstić information content (AvgIpc) is 3.14. The van der Waals surface area contributed by atoms with E-state index in [2.05, 4.69) is 10.2 Å². The van der Waals surface area contributed by atoms with Gasteiger partial charge in [-0.1, -0.05) is 0 Å². The largest absolute Gasteiger partial charge is 0.380 e. The minimum atomic E-state index is 0.0335. The third-order valence-corrected chi connectivity index (χ3v) is 3.23. The standard InChI is InChI=1S/C12H25N3O2/c1-14-12(16)7-11(8-13)15(2)5-6-17-9-10-3-4-10/h10-11H,3-9,13H2,1-2H3,(H,14,16). The van der Waals surface area contributed by atoms with E-state index in [9.17, 15) is 4.79 Å². The molecule has 1 aliphatic rings. The lowest BCUT2D eigenvalue weighted by Gasteiger charge is -2.26. The summed E-state index contributed by atoms with van der Waals surface area (Å²) in [5, 5.41) is 2.62. The highest BCUT2D eigenvalue weighted by atomic mass is 16.5. The van der Waals surface area contributed by atoms with Gasteiger partial charge in [-0.15, -0.1) is 0 Å². The Balaban J connectivity index is 2.12. The van der Waals surface area contributed by atoms with Crippen molar-refractivity contribution in [1.82, 2.24) is 10.2 Å². The third kappa shape index (κ3) is 6.00. The van der Waals surface area contributed by atoms with Crippen LogP contribution in [-0.4, -0.2) is 57.2 Å². The van der Waals surface area contributed by atoms with Gasteiger partial charge < -0.3 is 15.8 Å². The molecule has 0 radical (unpaired) electrons. The molecular weight excluding hydrogens is 218 g/mol. The van der Waals surface area contributed by atoms with E-state index in [1.807, 2.05) is 7.05 Å². The van der Waals surface area contributed by atoms with Gasteiger partial charge in [-0.05, 0) is 25.8 Å². The molecule has 0 heterocycles. The number of likely N-dealkylation sites (N-methyl/N-ethyl adjacent to an activating group) is 1. The molecule has 1 atom stereocenters. The van der Waals surface area contributed by atoms with Crippen molar-refractivity contribution in [2.24, 2.45) is 11.7 Å². The molecule has 1 amide bonds. The zero-order valence-corrected chi connectivity index (χ0v) is 10.9. The first-order valence-corrected chi connectivity index (χ1v) is 6.36. The van der Waals surface area contributed by atoms with Gasteiger partial charge in [0.05, 0.1) is 6.61 Å². The fourth-order valence-corrected chi connectivity index (χ4v) is 1.66. The number of hydrogen-bond acceptors (Lipinski definition) is 4. The number of ether oxygens (including phenoxy) is 1. The van der Waals surface area contributed by atoms with E-state index < -0.39 is 0 Å². The molecule has 1 unspecified atom stereocenters. The predicted octanol–water partition coefficient (Wildman–Crippen LogP) is -0.192. The summed E-state index contributed by atoms with van der Waals surface area (Å²) in [6.45, 7) is 2.92. The van der Waals surface area contributed by atoms with Gasteiger partial charge in [-0.3, -0.25) is 9.69 Å². The smallest absolute Gasteiger partial charge is 0.221 e. The van der Waals surface area contributed by atoms with E-state index in [1.54, 1.807) is 7.05 Å². The first-order chi connectivity index (χ1) is 8.17. The van der Waals surface area contributed by atoms with Crippen LogP contribution in [0.25, 0.3) is 0 Å². The van der Waals surface area contributed by atoms with Gasteiger partial charge in [-0.2, -0.15) is 0 Å². The lowest BCUT2D eigenvalue weighted by molar-refractivity contribution is -0.121. The van der Waals surface area contributed by atoms with E-state index in [0.29, 0.717) is 13.0 Å². The van der Waals surface area contributed by atoms with Crippen LogP contribution in [0.15, 0.2) is 0 Å². The Labute approximate surface area is 104 Å². The maximum Gasteiger partial charge on any atom is 0.221 e. The van der Waals surface area contributed by atoms with Crippen LogP contribution in [0.3, 0.4) is 0 Å². The summed E-state index contributed by atoms with van der Waals surface area (Å²) in [7, 11) is 3.63. The molecule has 3 N–H and O–H groups in total. The van der Waals surface area contributed by atoms with Crippen LogP contribution >= 0.6 is 0 Å². The zero-order valence-electron chi connectivity index (χ0n) is 10.9. The second kappa shape index (κ2) is 7.63. The van der Waals surface area contributed by atoms with Crippen molar-refractivity contribution >= 4 is 5.91 Å². The minimum absolute atomic E-state index is 0.0335. The van der Waals surface area contributed by atoms with Crippen molar-refractivity contribution in [3.05, 3.63) is 0 Å². The van der Waals surface area contributed by atoms with Crippen molar-refractivity contribution in [3.8, 4) is 0 Å². The second-order valence-corrected chi connectivity index (χ2v) is 4.77. The Hall–Kier alpha value is -0.650. The number of rotatable bonds is 9. The molecular formula is C12H25N3O2. The molecule has 1 aliphatic carbocycles. The summed E-state index contributed by atoms with van der Waals surface area (Å²) >= 11 is 0. The summed E-state index contributed by atoms with van der Waals surface area (Å²) in [5.41, 5.74) is 5.68. The first kappa shape index (κ1) is 14.4. The van der Waals surface area contributed by atoms with Crippen molar-refractivity contribution in [2.45, 2.75) is 25.3 Å². The van der Waals surface area contributed by atoms with E-state index in [-0.39, 0.29) is 11.9 Å². The number of nitrogens with zero attached hydrogens (tertiary/aromatic N) is 1. The summed E-state index contributed by atoms with van der Waals surface area (Å²) < 4.78 is 5.57. The molecule has 0 aromatic carbocycles. The molecule has 0 saturated heterocycles. The van der Waals surface area contributed by atoms with Crippen molar-refractivity contribution in [3.63, 3.8) is 0 Å². The van der Waals surface area contributed by atoms with Crippen LogP contribution in [0.5, 0.6) is 0 Å². The molecule has 1 saturated carbocycles. The normalized spacial score (nSPS) is 17.2. The summed E-state index contributed by atoms with van der Waals surface area (Å²) in [6, 6.07) is 0.0967. The number of nitrogens with two attached hydrogens (primary N) is 1. The Morgan fingerprint density at radius 1 is 1.59 bits per heavy atom. The molecule has 0 aromatic rings. The first-order valence-electron chi connectivity index (χ1n) is 6.36. The molecule has 5 nitrogen and oxygen atoms in total. The SMILES string of the molecule is CNC(=O)CC(CN)N(C)CCOCC1CC1. The number of carbonyl (C=O) groups is 1. The Kier molecular flexibility index (Phi) is 6.47.